The van der Waals surface area contributed by atoms with E-state index in [1.807, 2.05) is 0 Å². The van der Waals surface area contributed by atoms with Gasteiger partial charge in [0.1, 0.15) is 18.1 Å². The minimum atomic E-state index is -0.684. The second-order valence-corrected chi connectivity index (χ2v) is 6.98. The maximum atomic E-state index is 12.9. The molecule has 0 bridgehead atoms. The third kappa shape index (κ3) is 4.68. The quantitative estimate of drug-likeness (QED) is 0.673. The summed E-state index contributed by atoms with van der Waals surface area (Å²) in [5.74, 6) is 0.678. The number of hydrogen-bond acceptors (Lipinski definition) is 5. The molecule has 0 aromatic heterocycles. The molecule has 158 valence electrons. The molecule has 0 fully saturated rings. The summed E-state index contributed by atoms with van der Waals surface area (Å²) in [6.07, 6.45) is 0. The van der Waals surface area contributed by atoms with Gasteiger partial charge in [-0.15, -0.1) is 0 Å². The minimum Gasteiger partial charge on any atom is -0.497 e. The zero-order chi connectivity index (χ0) is 21.7. The van der Waals surface area contributed by atoms with Crippen molar-refractivity contribution < 1.29 is 23.8 Å². The van der Waals surface area contributed by atoms with Gasteiger partial charge in [-0.1, -0.05) is 29.8 Å². The highest BCUT2D eigenvalue weighted by molar-refractivity contribution is 6.30. The first-order chi connectivity index (χ1) is 14.4. The Morgan fingerprint density at radius 3 is 2.53 bits per heavy atom. The van der Waals surface area contributed by atoms with E-state index in [1.54, 1.807) is 69.6 Å². The molecule has 2 aromatic carbocycles. The SMILES string of the molecule is CCOC(=O)C1=C(COc2cccc(Cl)c2)N(C)C(=O)N[C@H]1c1ccc(OC)cc1. The Balaban J connectivity index is 2.01. The van der Waals surface area contributed by atoms with E-state index in [1.165, 1.54) is 4.90 Å². The Kier molecular flexibility index (Phi) is 6.84. The molecule has 0 saturated carbocycles. The third-order valence-corrected chi connectivity index (χ3v) is 4.93. The number of benzene rings is 2. The van der Waals surface area contributed by atoms with Gasteiger partial charge in [0, 0.05) is 12.1 Å². The lowest BCUT2D eigenvalue weighted by molar-refractivity contribution is -0.139. The van der Waals surface area contributed by atoms with Gasteiger partial charge in [-0.2, -0.15) is 0 Å². The van der Waals surface area contributed by atoms with E-state index in [2.05, 4.69) is 5.32 Å². The van der Waals surface area contributed by atoms with E-state index in [4.69, 9.17) is 25.8 Å². The number of carbonyl (C=O) groups excluding carboxylic acids is 2. The van der Waals surface area contributed by atoms with E-state index in [0.29, 0.717) is 27.8 Å². The average molecular weight is 431 g/mol. The van der Waals surface area contributed by atoms with Crippen molar-refractivity contribution in [2.75, 3.05) is 27.4 Å². The van der Waals surface area contributed by atoms with Gasteiger partial charge >= 0.3 is 12.0 Å². The third-order valence-electron chi connectivity index (χ3n) is 4.69. The fourth-order valence-corrected chi connectivity index (χ4v) is 3.32. The van der Waals surface area contributed by atoms with Gasteiger partial charge in [0.2, 0.25) is 0 Å². The smallest absolute Gasteiger partial charge is 0.338 e. The number of nitrogens with one attached hydrogen (secondary N) is 1. The van der Waals surface area contributed by atoms with Crippen molar-refractivity contribution in [3.8, 4) is 11.5 Å². The molecule has 8 heteroatoms. The first-order valence-electron chi connectivity index (χ1n) is 9.41. The second kappa shape index (κ2) is 9.54. The minimum absolute atomic E-state index is 0.00886. The lowest BCUT2D eigenvalue weighted by atomic mass is 9.94. The summed E-state index contributed by atoms with van der Waals surface area (Å²) in [5, 5.41) is 3.38. The van der Waals surface area contributed by atoms with Gasteiger partial charge in [-0.25, -0.2) is 9.59 Å². The summed E-state index contributed by atoms with van der Waals surface area (Å²) in [6, 6.07) is 13.0. The van der Waals surface area contributed by atoms with Gasteiger partial charge in [-0.05, 0) is 42.8 Å². The molecule has 7 nitrogen and oxygen atoms in total. The summed E-state index contributed by atoms with van der Waals surface area (Å²) in [7, 11) is 3.15. The van der Waals surface area contributed by atoms with Crippen LogP contribution in [0.5, 0.6) is 11.5 Å². The predicted molar refractivity (Wildman–Crippen MR) is 113 cm³/mol. The Bertz CT molecular complexity index is 958. The Morgan fingerprint density at radius 1 is 1.17 bits per heavy atom. The molecule has 30 heavy (non-hydrogen) atoms. The first-order valence-corrected chi connectivity index (χ1v) is 9.79. The number of ether oxygens (including phenoxy) is 3. The summed E-state index contributed by atoms with van der Waals surface area (Å²) in [6.45, 7) is 1.93. The number of halogens is 1. The molecule has 0 unspecified atom stereocenters. The molecule has 1 heterocycles. The molecule has 2 amide bonds. The number of hydrogen-bond donors (Lipinski definition) is 1. The molecule has 1 aliphatic heterocycles. The largest absolute Gasteiger partial charge is 0.497 e. The van der Waals surface area contributed by atoms with E-state index >= 15 is 0 Å². The van der Waals surface area contributed by atoms with Crippen molar-refractivity contribution in [1.29, 1.82) is 0 Å². The first kappa shape index (κ1) is 21.5. The van der Waals surface area contributed by atoms with Crippen LogP contribution in [0.2, 0.25) is 5.02 Å². The van der Waals surface area contributed by atoms with E-state index in [9.17, 15) is 9.59 Å². The fraction of sp³-hybridized carbons (Fsp3) is 0.273. The van der Waals surface area contributed by atoms with Gasteiger partial charge in [0.05, 0.1) is 31.0 Å². The zero-order valence-electron chi connectivity index (χ0n) is 17.0. The highest BCUT2D eigenvalue weighted by Gasteiger charge is 2.37. The monoisotopic (exact) mass is 430 g/mol. The number of methoxy groups -OCH3 is 1. The standard InChI is InChI=1S/C22H23ClN2O5/c1-4-29-21(26)19-18(13-30-17-7-5-6-15(23)12-17)25(2)22(27)24-20(19)14-8-10-16(28-3)11-9-14/h5-12,20H,4,13H2,1-3H3,(H,24,27)/t20-/m0/s1. The summed E-state index contributed by atoms with van der Waals surface area (Å²) in [4.78, 5) is 26.9. The van der Waals surface area contributed by atoms with E-state index in [-0.39, 0.29) is 19.2 Å². The molecule has 0 spiro atoms. The number of likely N-dealkylation sites (N-methyl/N-ethyl adjacent to an activating group) is 1. The van der Waals surface area contributed by atoms with Gasteiger partial charge < -0.3 is 19.5 Å². The predicted octanol–water partition coefficient (Wildman–Crippen LogP) is 3.94. The summed E-state index contributed by atoms with van der Waals surface area (Å²) >= 11 is 6.02. The molecular formula is C22H23ClN2O5. The summed E-state index contributed by atoms with van der Waals surface area (Å²) in [5.41, 5.74) is 1.45. The van der Waals surface area contributed by atoms with Crippen LogP contribution >= 0.6 is 11.6 Å². The molecular weight excluding hydrogens is 408 g/mol. The van der Waals surface area contributed by atoms with E-state index < -0.39 is 12.0 Å². The van der Waals surface area contributed by atoms with Crippen molar-refractivity contribution in [2.45, 2.75) is 13.0 Å². The van der Waals surface area contributed by atoms with Crippen molar-refractivity contribution >= 4 is 23.6 Å². The van der Waals surface area contributed by atoms with Crippen LogP contribution in [0, 0.1) is 0 Å². The Morgan fingerprint density at radius 2 is 1.90 bits per heavy atom. The maximum absolute atomic E-state index is 12.9. The molecule has 0 aliphatic carbocycles. The lowest BCUT2D eigenvalue weighted by Gasteiger charge is -2.34. The second-order valence-electron chi connectivity index (χ2n) is 6.54. The lowest BCUT2D eigenvalue weighted by Crippen LogP contribution is -2.48. The van der Waals surface area contributed by atoms with Crippen LogP contribution in [-0.4, -0.2) is 44.3 Å². The van der Waals surface area contributed by atoms with Crippen LogP contribution in [0.25, 0.3) is 0 Å². The molecule has 2 aromatic rings. The topological polar surface area (TPSA) is 77.1 Å². The highest BCUT2D eigenvalue weighted by Crippen LogP contribution is 2.32. The average Bonchev–Trinajstić information content (AvgIpc) is 2.74. The van der Waals surface area contributed by atoms with Gasteiger partial charge in [0.25, 0.3) is 0 Å². The van der Waals surface area contributed by atoms with Gasteiger partial charge in [-0.3, -0.25) is 4.90 Å². The number of nitrogens with zero attached hydrogens (tertiary/aromatic N) is 1. The normalized spacial score (nSPS) is 16.2. The Hall–Kier alpha value is -3.19. The van der Waals surface area contributed by atoms with Crippen LogP contribution in [-0.2, 0) is 9.53 Å². The van der Waals surface area contributed by atoms with Crippen LogP contribution in [0.1, 0.15) is 18.5 Å². The van der Waals surface area contributed by atoms with Crippen molar-refractivity contribution in [2.24, 2.45) is 0 Å². The molecule has 1 atom stereocenters. The highest BCUT2D eigenvalue weighted by atomic mass is 35.5. The number of esters is 1. The molecule has 1 N–H and O–H groups in total. The number of carbonyl (C=O) groups is 2. The van der Waals surface area contributed by atoms with Crippen LogP contribution in [0.15, 0.2) is 59.8 Å². The van der Waals surface area contributed by atoms with Crippen LogP contribution < -0.4 is 14.8 Å². The number of amides is 2. The van der Waals surface area contributed by atoms with Crippen molar-refractivity contribution in [1.82, 2.24) is 10.2 Å². The van der Waals surface area contributed by atoms with Crippen molar-refractivity contribution in [3.05, 3.63) is 70.4 Å². The van der Waals surface area contributed by atoms with Crippen LogP contribution in [0.3, 0.4) is 0 Å². The number of urea groups is 1. The zero-order valence-corrected chi connectivity index (χ0v) is 17.7. The summed E-state index contributed by atoms with van der Waals surface area (Å²) < 4.78 is 16.3. The number of rotatable bonds is 7. The molecule has 1 aliphatic rings. The fourth-order valence-electron chi connectivity index (χ4n) is 3.14. The molecule has 0 saturated heterocycles. The molecule has 0 radical (unpaired) electrons. The van der Waals surface area contributed by atoms with E-state index in [0.717, 1.165) is 5.56 Å². The van der Waals surface area contributed by atoms with Crippen LogP contribution in [0.4, 0.5) is 4.79 Å². The Labute approximate surface area is 180 Å². The maximum Gasteiger partial charge on any atom is 0.338 e. The molecule has 3 rings (SSSR count). The van der Waals surface area contributed by atoms with Crippen molar-refractivity contribution in [3.63, 3.8) is 0 Å². The van der Waals surface area contributed by atoms with Gasteiger partial charge in [0.15, 0.2) is 0 Å².